The van der Waals surface area contributed by atoms with E-state index >= 15 is 0 Å². The standard InChI is InChI=1S/C20H17N3O2S2/c1-13-11-17(23-25-13)22-19(24)18(14-7-3-2-4-8-14)27-20-21-16-10-6-5-9-15(16)12-26-20/h2-11,18H,12H2,1H3,(H,22,23,24). The van der Waals surface area contributed by atoms with Crippen molar-refractivity contribution in [2.24, 2.45) is 4.99 Å². The maximum atomic E-state index is 13.0. The fourth-order valence-electron chi connectivity index (χ4n) is 2.69. The molecule has 0 saturated carbocycles. The summed E-state index contributed by atoms with van der Waals surface area (Å²) in [5, 5.41) is 6.27. The predicted molar refractivity (Wildman–Crippen MR) is 111 cm³/mol. The number of rotatable bonds is 4. The number of anilines is 1. The summed E-state index contributed by atoms with van der Waals surface area (Å²) < 4.78 is 5.92. The van der Waals surface area contributed by atoms with Gasteiger partial charge in [0, 0.05) is 11.8 Å². The Morgan fingerprint density at radius 3 is 2.74 bits per heavy atom. The van der Waals surface area contributed by atoms with E-state index in [-0.39, 0.29) is 5.91 Å². The largest absolute Gasteiger partial charge is 0.360 e. The van der Waals surface area contributed by atoms with Crippen molar-refractivity contribution in [3.8, 4) is 0 Å². The summed E-state index contributed by atoms with van der Waals surface area (Å²) in [5.41, 5.74) is 3.10. The number of nitrogens with one attached hydrogen (secondary N) is 1. The highest BCUT2D eigenvalue weighted by atomic mass is 32.2. The zero-order chi connectivity index (χ0) is 18.6. The number of thioether (sulfide) groups is 2. The van der Waals surface area contributed by atoms with Gasteiger partial charge in [-0.05, 0) is 24.1 Å². The molecule has 4 rings (SSSR count). The predicted octanol–water partition coefficient (Wildman–Crippen LogP) is 5.33. The second-order valence-electron chi connectivity index (χ2n) is 6.02. The Balaban J connectivity index is 1.59. The van der Waals surface area contributed by atoms with Crippen molar-refractivity contribution in [1.82, 2.24) is 5.16 Å². The minimum atomic E-state index is -0.431. The highest BCUT2D eigenvalue weighted by molar-refractivity contribution is 8.38. The van der Waals surface area contributed by atoms with Crippen molar-refractivity contribution in [2.45, 2.75) is 17.9 Å². The average Bonchev–Trinajstić information content (AvgIpc) is 3.11. The van der Waals surface area contributed by atoms with Gasteiger partial charge in [0.25, 0.3) is 0 Å². The van der Waals surface area contributed by atoms with Crippen LogP contribution in [0, 0.1) is 6.92 Å². The van der Waals surface area contributed by atoms with Crippen LogP contribution in [0.25, 0.3) is 0 Å². The van der Waals surface area contributed by atoms with Crippen molar-refractivity contribution >= 4 is 45.3 Å². The Hall–Kier alpha value is -2.51. The average molecular weight is 396 g/mol. The van der Waals surface area contributed by atoms with Gasteiger partial charge < -0.3 is 9.84 Å². The Bertz CT molecular complexity index is 986. The van der Waals surface area contributed by atoms with Crippen molar-refractivity contribution < 1.29 is 9.32 Å². The minimum absolute atomic E-state index is 0.151. The van der Waals surface area contributed by atoms with Crippen LogP contribution in [0.2, 0.25) is 0 Å². The first-order valence-corrected chi connectivity index (χ1v) is 10.3. The summed E-state index contributed by atoms with van der Waals surface area (Å²) in [4.78, 5) is 17.7. The molecule has 0 fully saturated rings. The normalized spacial score (nSPS) is 14.2. The highest BCUT2D eigenvalue weighted by Crippen LogP contribution is 2.40. The number of carbonyl (C=O) groups is 1. The quantitative estimate of drug-likeness (QED) is 0.647. The number of amides is 1. The van der Waals surface area contributed by atoms with Gasteiger partial charge in [-0.15, -0.1) is 0 Å². The second kappa shape index (κ2) is 8.02. The SMILES string of the molecule is Cc1cc(NC(=O)C(SC2=Nc3ccccc3CS2)c2ccccc2)no1. The molecule has 0 bridgehead atoms. The molecular weight excluding hydrogens is 378 g/mol. The Morgan fingerprint density at radius 2 is 1.96 bits per heavy atom. The van der Waals surface area contributed by atoms with E-state index in [9.17, 15) is 4.79 Å². The zero-order valence-electron chi connectivity index (χ0n) is 14.6. The molecule has 3 aromatic rings. The first-order valence-electron chi connectivity index (χ1n) is 8.44. The number of para-hydroxylation sites is 1. The molecule has 1 aromatic heterocycles. The van der Waals surface area contributed by atoms with Crippen LogP contribution in [-0.4, -0.2) is 15.4 Å². The summed E-state index contributed by atoms with van der Waals surface area (Å²) >= 11 is 3.11. The van der Waals surface area contributed by atoms with E-state index in [4.69, 9.17) is 9.52 Å². The van der Waals surface area contributed by atoms with Gasteiger partial charge in [-0.25, -0.2) is 4.99 Å². The summed E-state index contributed by atoms with van der Waals surface area (Å²) in [5.74, 6) is 1.77. The van der Waals surface area contributed by atoms with Crippen LogP contribution in [0.4, 0.5) is 11.5 Å². The third-order valence-electron chi connectivity index (χ3n) is 3.99. The summed E-state index contributed by atoms with van der Waals surface area (Å²) in [6.07, 6.45) is 0. The number of benzene rings is 2. The van der Waals surface area contributed by atoms with E-state index in [1.54, 1.807) is 24.8 Å². The monoisotopic (exact) mass is 395 g/mol. The molecule has 1 atom stereocenters. The van der Waals surface area contributed by atoms with Gasteiger partial charge in [0.05, 0.1) is 5.69 Å². The molecule has 27 heavy (non-hydrogen) atoms. The summed E-state index contributed by atoms with van der Waals surface area (Å²) in [6, 6.07) is 19.5. The Labute approximate surface area is 165 Å². The van der Waals surface area contributed by atoms with E-state index in [0.29, 0.717) is 11.6 Å². The number of hydrogen-bond acceptors (Lipinski definition) is 6. The van der Waals surface area contributed by atoms with Crippen LogP contribution in [-0.2, 0) is 10.5 Å². The molecule has 1 amide bonds. The lowest BCUT2D eigenvalue weighted by atomic mass is 10.1. The van der Waals surface area contributed by atoms with Gasteiger partial charge >= 0.3 is 0 Å². The smallest absolute Gasteiger partial charge is 0.243 e. The molecule has 1 unspecified atom stereocenters. The molecule has 2 aromatic carbocycles. The number of aryl methyl sites for hydroxylation is 1. The van der Waals surface area contributed by atoms with Gasteiger partial charge in [-0.1, -0.05) is 77.2 Å². The topological polar surface area (TPSA) is 67.5 Å². The van der Waals surface area contributed by atoms with Crippen LogP contribution in [0.3, 0.4) is 0 Å². The number of carbonyl (C=O) groups excluding carboxylic acids is 1. The number of aliphatic imine (C=N–C) groups is 1. The zero-order valence-corrected chi connectivity index (χ0v) is 16.2. The molecule has 0 radical (unpaired) electrons. The lowest BCUT2D eigenvalue weighted by molar-refractivity contribution is -0.115. The van der Waals surface area contributed by atoms with E-state index in [1.807, 2.05) is 48.5 Å². The van der Waals surface area contributed by atoms with Gasteiger partial charge in [0.15, 0.2) is 5.82 Å². The maximum Gasteiger partial charge on any atom is 0.243 e. The number of nitrogens with zero attached hydrogens (tertiary/aromatic N) is 2. The van der Waals surface area contributed by atoms with Crippen molar-refractivity contribution in [1.29, 1.82) is 0 Å². The third kappa shape index (κ3) is 4.26. The molecule has 7 heteroatoms. The summed E-state index contributed by atoms with van der Waals surface area (Å²) in [6.45, 7) is 1.79. The molecule has 0 saturated heterocycles. The van der Waals surface area contributed by atoms with Gasteiger partial charge in [0.1, 0.15) is 15.4 Å². The second-order valence-corrected chi connectivity index (χ2v) is 8.33. The number of aromatic nitrogens is 1. The van der Waals surface area contributed by atoms with E-state index in [1.165, 1.54) is 17.3 Å². The van der Waals surface area contributed by atoms with Crippen LogP contribution in [0.5, 0.6) is 0 Å². The number of hydrogen-bond donors (Lipinski definition) is 1. The third-order valence-corrected chi connectivity index (χ3v) is 6.44. The molecule has 5 nitrogen and oxygen atoms in total. The molecule has 136 valence electrons. The lowest BCUT2D eigenvalue weighted by Crippen LogP contribution is -2.20. The van der Waals surface area contributed by atoms with Crippen molar-refractivity contribution in [2.75, 3.05) is 5.32 Å². The van der Waals surface area contributed by atoms with Crippen LogP contribution in [0.1, 0.15) is 22.1 Å². The molecule has 2 heterocycles. The Kier molecular flexibility index (Phi) is 5.31. The van der Waals surface area contributed by atoms with Crippen LogP contribution < -0.4 is 5.32 Å². The van der Waals surface area contributed by atoms with E-state index < -0.39 is 5.25 Å². The fraction of sp³-hybridized carbons (Fsp3) is 0.150. The van der Waals surface area contributed by atoms with Crippen LogP contribution >= 0.6 is 23.5 Å². The highest BCUT2D eigenvalue weighted by Gasteiger charge is 2.26. The van der Waals surface area contributed by atoms with Crippen LogP contribution in [0.15, 0.2) is 70.2 Å². The van der Waals surface area contributed by atoms with Gasteiger partial charge in [-0.2, -0.15) is 0 Å². The fourth-order valence-corrected chi connectivity index (χ4v) is 4.93. The first-order chi connectivity index (χ1) is 13.2. The minimum Gasteiger partial charge on any atom is -0.360 e. The molecule has 1 aliphatic heterocycles. The molecule has 0 spiro atoms. The summed E-state index contributed by atoms with van der Waals surface area (Å²) in [7, 11) is 0. The molecule has 0 aliphatic carbocycles. The van der Waals surface area contributed by atoms with E-state index in [2.05, 4.69) is 16.5 Å². The van der Waals surface area contributed by atoms with Gasteiger partial charge in [0.2, 0.25) is 5.91 Å². The van der Waals surface area contributed by atoms with Crippen molar-refractivity contribution in [3.05, 3.63) is 77.6 Å². The first kappa shape index (κ1) is 17.9. The number of fused-ring (bicyclic) bond motifs is 1. The van der Waals surface area contributed by atoms with Crippen molar-refractivity contribution in [3.63, 3.8) is 0 Å². The van der Waals surface area contributed by atoms with Gasteiger partial charge in [-0.3, -0.25) is 4.79 Å². The molecular formula is C20H17N3O2S2. The van der Waals surface area contributed by atoms with E-state index in [0.717, 1.165) is 21.4 Å². The lowest BCUT2D eigenvalue weighted by Gasteiger charge is -2.19. The Morgan fingerprint density at radius 1 is 1.19 bits per heavy atom. The molecule has 1 N–H and O–H groups in total. The molecule has 1 aliphatic rings. The maximum absolute atomic E-state index is 13.0.